The number of nitrogens with zero attached hydrogens (tertiary/aromatic N) is 3. The smallest absolute Gasteiger partial charge is 0.320 e. The first kappa shape index (κ1) is 19.9. The molecule has 0 aliphatic heterocycles. The molecule has 1 atom stereocenters. The molecular formula is C19H27N5O4. The Balaban J connectivity index is 1.58. The second-order valence-corrected chi connectivity index (χ2v) is 6.90. The molecule has 0 spiro atoms. The van der Waals surface area contributed by atoms with Crippen LogP contribution in [-0.4, -0.2) is 54.3 Å². The SMILES string of the molecule is COc1cc(-c2cc(NC(=O)NC[C@@H](C)OCC3CC3)nn2C)cnc1OC. The maximum absolute atomic E-state index is 12.1. The molecule has 9 heteroatoms. The highest BCUT2D eigenvalue weighted by molar-refractivity contribution is 5.88. The van der Waals surface area contributed by atoms with Gasteiger partial charge in [-0.2, -0.15) is 5.10 Å². The quantitative estimate of drug-likeness (QED) is 0.683. The van der Waals surface area contributed by atoms with Crippen LogP contribution in [0.25, 0.3) is 11.3 Å². The summed E-state index contributed by atoms with van der Waals surface area (Å²) in [6.45, 7) is 3.16. The highest BCUT2D eigenvalue weighted by Gasteiger charge is 2.22. The number of methoxy groups -OCH3 is 2. The standard InChI is InChI=1S/C19H27N5O4/c1-12(28-11-13-5-6-13)9-21-19(25)22-17-8-15(24(2)23-17)14-7-16(26-3)18(27-4)20-10-14/h7-8,10,12-13H,5-6,9,11H2,1-4H3,(H2,21,22,23,25)/t12-/m1/s1. The number of nitrogens with one attached hydrogen (secondary N) is 2. The molecule has 0 saturated heterocycles. The molecule has 9 nitrogen and oxygen atoms in total. The number of hydrogen-bond acceptors (Lipinski definition) is 6. The van der Waals surface area contributed by atoms with E-state index in [2.05, 4.69) is 20.7 Å². The Hall–Kier alpha value is -2.81. The predicted molar refractivity (Wildman–Crippen MR) is 105 cm³/mol. The van der Waals surface area contributed by atoms with Crippen LogP contribution in [0, 0.1) is 5.92 Å². The molecule has 1 saturated carbocycles. The fraction of sp³-hybridized carbons (Fsp3) is 0.526. The summed E-state index contributed by atoms with van der Waals surface area (Å²) in [5.74, 6) is 2.07. The summed E-state index contributed by atoms with van der Waals surface area (Å²) >= 11 is 0. The molecule has 1 aliphatic carbocycles. The van der Waals surface area contributed by atoms with E-state index >= 15 is 0 Å². The first-order valence-corrected chi connectivity index (χ1v) is 9.29. The van der Waals surface area contributed by atoms with Crippen molar-refractivity contribution in [3.8, 4) is 22.9 Å². The van der Waals surface area contributed by atoms with Gasteiger partial charge in [-0.1, -0.05) is 0 Å². The zero-order valence-electron chi connectivity index (χ0n) is 16.7. The Labute approximate surface area is 164 Å². The Bertz CT molecular complexity index is 819. The molecule has 152 valence electrons. The zero-order chi connectivity index (χ0) is 20.1. The Kier molecular flexibility index (Phi) is 6.35. The largest absolute Gasteiger partial charge is 0.491 e. The molecule has 0 unspecified atom stereocenters. The van der Waals surface area contributed by atoms with E-state index < -0.39 is 0 Å². The lowest BCUT2D eigenvalue weighted by Gasteiger charge is -2.13. The predicted octanol–water partition coefficient (Wildman–Crippen LogP) is 2.44. The number of anilines is 1. The summed E-state index contributed by atoms with van der Waals surface area (Å²) in [5, 5.41) is 9.88. The van der Waals surface area contributed by atoms with Crippen molar-refractivity contribution in [2.75, 3.05) is 32.7 Å². The normalized spacial score (nSPS) is 14.4. The molecule has 3 rings (SSSR count). The zero-order valence-corrected chi connectivity index (χ0v) is 16.7. The number of pyridine rings is 1. The van der Waals surface area contributed by atoms with Crippen LogP contribution < -0.4 is 20.1 Å². The molecule has 2 amide bonds. The summed E-state index contributed by atoms with van der Waals surface area (Å²) in [7, 11) is 4.88. The van der Waals surface area contributed by atoms with E-state index in [1.165, 1.54) is 20.0 Å². The van der Waals surface area contributed by atoms with Crippen LogP contribution in [0.3, 0.4) is 0 Å². The number of urea groups is 1. The Morgan fingerprint density at radius 3 is 2.79 bits per heavy atom. The number of aromatic nitrogens is 3. The van der Waals surface area contributed by atoms with Gasteiger partial charge in [0.05, 0.1) is 26.0 Å². The van der Waals surface area contributed by atoms with Gasteiger partial charge in [0.15, 0.2) is 11.6 Å². The second-order valence-electron chi connectivity index (χ2n) is 6.90. The molecule has 2 N–H and O–H groups in total. The molecular weight excluding hydrogens is 362 g/mol. The maximum atomic E-state index is 12.1. The molecule has 0 radical (unpaired) electrons. The lowest BCUT2D eigenvalue weighted by atomic mass is 10.2. The first-order chi connectivity index (χ1) is 13.5. The summed E-state index contributed by atoms with van der Waals surface area (Å²) in [6, 6.07) is 3.26. The van der Waals surface area contributed by atoms with Crippen LogP contribution in [0.2, 0.25) is 0 Å². The minimum absolute atomic E-state index is 0.0246. The van der Waals surface area contributed by atoms with Crippen LogP contribution >= 0.6 is 0 Å². The number of hydrogen-bond donors (Lipinski definition) is 2. The van der Waals surface area contributed by atoms with Crippen molar-refractivity contribution >= 4 is 11.8 Å². The average Bonchev–Trinajstić information content (AvgIpc) is 3.46. The van der Waals surface area contributed by atoms with Gasteiger partial charge in [0.1, 0.15) is 0 Å². The Morgan fingerprint density at radius 1 is 1.32 bits per heavy atom. The highest BCUT2D eigenvalue weighted by Crippen LogP contribution is 2.30. The van der Waals surface area contributed by atoms with Gasteiger partial charge in [-0.05, 0) is 31.7 Å². The summed E-state index contributed by atoms with van der Waals surface area (Å²) in [4.78, 5) is 16.4. The number of carbonyl (C=O) groups is 1. The molecule has 0 bridgehead atoms. The van der Waals surface area contributed by atoms with Crippen LogP contribution in [0.4, 0.5) is 10.6 Å². The maximum Gasteiger partial charge on any atom is 0.320 e. The third kappa shape index (κ3) is 5.13. The number of carbonyl (C=O) groups excluding carboxylic acids is 1. The molecule has 1 fully saturated rings. The van der Waals surface area contributed by atoms with E-state index in [1.54, 1.807) is 31.1 Å². The van der Waals surface area contributed by atoms with E-state index in [1.807, 2.05) is 13.0 Å². The van der Waals surface area contributed by atoms with Crippen molar-refractivity contribution in [3.63, 3.8) is 0 Å². The fourth-order valence-electron chi connectivity index (χ4n) is 2.71. The first-order valence-electron chi connectivity index (χ1n) is 9.29. The van der Waals surface area contributed by atoms with Crippen LogP contribution in [0.5, 0.6) is 11.6 Å². The third-order valence-corrected chi connectivity index (χ3v) is 4.51. The van der Waals surface area contributed by atoms with Crippen molar-refractivity contribution in [2.24, 2.45) is 13.0 Å². The molecule has 2 aromatic rings. The van der Waals surface area contributed by atoms with Crippen LogP contribution in [-0.2, 0) is 11.8 Å². The Morgan fingerprint density at radius 2 is 2.11 bits per heavy atom. The molecule has 1 aliphatic rings. The summed E-state index contributed by atoms with van der Waals surface area (Å²) < 4.78 is 17.8. The minimum Gasteiger partial charge on any atom is -0.491 e. The number of ether oxygens (including phenoxy) is 3. The fourth-order valence-corrected chi connectivity index (χ4v) is 2.71. The van der Waals surface area contributed by atoms with Crippen LogP contribution in [0.15, 0.2) is 18.3 Å². The van der Waals surface area contributed by atoms with Crippen molar-refractivity contribution in [2.45, 2.75) is 25.9 Å². The molecule has 2 aromatic heterocycles. The lowest BCUT2D eigenvalue weighted by molar-refractivity contribution is 0.0601. The average molecular weight is 389 g/mol. The van der Waals surface area contributed by atoms with Crippen molar-refractivity contribution in [3.05, 3.63) is 18.3 Å². The van der Waals surface area contributed by atoms with Crippen molar-refractivity contribution in [1.82, 2.24) is 20.1 Å². The number of rotatable bonds is 9. The van der Waals surface area contributed by atoms with Gasteiger partial charge in [-0.25, -0.2) is 9.78 Å². The van der Waals surface area contributed by atoms with Gasteiger partial charge in [0, 0.05) is 38.0 Å². The second kappa shape index (κ2) is 8.92. The van der Waals surface area contributed by atoms with Gasteiger partial charge in [0.25, 0.3) is 5.88 Å². The van der Waals surface area contributed by atoms with E-state index in [9.17, 15) is 4.79 Å². The third-order valence-electron chi connectivity index (χ3n) is 4.51. The van der Waals surface area contributed by atoms with Crippen LogP contribution in [0.1, 0.15) is 19.8 Å². The van der Waals surface area contributed by atoms with E-state index in [0.717, 1.165) is 17.9 Å². The number of aryl methyl sites for hydroxylation is 1. The van der Waals surface area contributed by atoms with E-state index in [4.69, 9.17) is 14.2 Å². The summed E-state index contributed by atoms with van der Waals surface area (Å²) in [6.07, 6.45) is 4.14. The summed E-state index contributed by atoms with van der Waals surface area (Å²) in [5.41, 5.74) is 1.58. The van der Waals surface area contributed by atoms with Gasteiger partial charge < -0.3 is 19.5 Å². The van der Waals surface area contributed by atoms with E-state index in [0.29, 0.717) is 29.9 Å². The van der Waals surface area contributed by atoms with Gasteiger partial charge in [-0.3, -0.25) is 10.00 Å². The van der Waals surface area contributed by atoms with Gasteiger partial charge in [-0.15, -0.1) is 0 Å². The monoisotopic (exact) mass is 389 g/mol. The minimum atomic E-state index is -0.322. The topological polar surface area (TPSA) is 99.5 Å². The van der Waals surface area contributed by atoms with Crippen molar-refractivity contribution in [1.29, 1.82) is 0 Å². The van der Waals surface area contributed by atoms with Crippen molar-refractivity contribution < 1.29 is 19.0 Å². The lowest BCUT2D eigenvalue weighted by Crippen LogP contribution is -2.35. The van der Waals surface area contributed by atoms with Gasteiger partial charge >= 0.3 is 6.03 Å². The highest BCUT2D eigenvalue weighted by atomic mass is 16.5. The molecule has 28 heavy (non-hydrogen) atoms. The number of amides is 2. The van der Waals surface area contributed by atoms with Gasteiger partial charge in [0.2, 0.25) is 0 Å². The molecule has 0 aromatic carbocycles. The van der Waals surface area contributed by atoms with E-state index in [-0.39, 0.29) is 12.1 Å². The molecule has 2 heterocycles.